The summed E-state index contributed by atoms with van der Waals surface area (Å²) < 4.78 is 64.2. The predicted octanol–water partition coefficient (Wildman–Crippen LogP) is 5.94. The van der Waals surface area contributed by atoms with Crippen molar-refractivity contribution in [3.63, 3.8) is 0 Å². The average Bonchev–Trinajstić information content (AvgIpc) is 3.13. The van der Waals surface area contributed by atoms with Crippen LogP contribution in [-0.4, -0.2) is 37.2 Å². The lowest BCUT2D eigenvalue weighted by Crippen LogP contribution is -2.39. The Morgan fingerprint density at radius 2 is 1.74 bits per heavy atom. The van der Waals surface area contributed by atoms with Crippen LogP contribution in [0.2, 0.25) is 15.1 Å². The lowest BCUT2D eigenvalue weighted by molar-refractivity contribution is -0.137. The number of thioether (sulfide) groups is 1. The monoisotopic (exact) mass is 528 g/mol. The van der Waals surface area contributed by atoms with Crippen LogP contribution in [0.5, 0.6) is 0 Å². The lowest BCUT2D eigenvalue weighted by atomic mass is 10.1. The number of hydrogen-bond acceptors (Lipinski definition) is 5. The molecule has 0 amide bonds. The van der Waals surface area contributed by atoms with Crippen LogP contribution in [0.25, 0.3) is 0 Å². The lowest BCUT2D eigenvalue weighted by Gasteiger charge is -2.28. The fourth-order valence-corrected chi connectivity index (χ4v) is 7.00. The number of sulfone groups is 1. The van der Waals surface area contributed by atoms with Crippen molar-refractivity contribution in [3.05, 3.63) is 62.6 Å². The molecule has 4 nitrogen and oxygen atoms in total. The van der Waals surface area contributed by atoms with E-state index in [-0.39, 0.29) is 22.2 Å². The van der Waals surface area contributed by atoms with Crippen LogP contribution in [0, 0.1) is 0 Å². The molecule has 0 bridgehead atoms. The van der Waals surface area contributed by atoms with E-state index in [1.807, 2.05) is 0 Å². The van der Waals surface area contributed by atoms with Gasteiger partial charge in [0.1, 0.15) is 0 Å². The Kier molecular flexibility index (Phi) is 6.20. The minimum absolute atomic E-state index is 0.0841. The SMILES string of the molecule is O=S1(=O)C[C@H]2N=C(SCc3ccc(Cl)c(Cl)c3)N(c3cc(C(F)(F)F)ccc3Cl)[C@H]2C1. The third-order valence-electron chi connectivity index (χ3n) is 4.99. The normalized spacial score (nSPS) is 22.5. The summed E-state index contributed by atoms with van der Waals surface area (Å²) in [5.41, 5.74) is 0.0494. The zero-order chi connectivity index (χ0) is 22.6. The smallest absolute Gasteiger partial charge is 0.313 e. The van der Waals surface area contributed by atoms with E-state index in [0.29, 0.717) is 21.0 Å². The van der Waals surface area contributed by atoms with Crippen molar-refractivity contribution in [2.24, 2.45) is 4.99 Å². The molecule has 31 heavy (non-hydrogen) atoms. The van der Waals surface area contributed by atoms with Crippen molar-refractivity contribution in [1.82, 2.24) is 0 Å². The van der Waals surface area contributed by atoms with Crippen LogP contribution < -0.4 is 4.90 Å². The largest absolute Gasteiger partial charge is 0.416 e. The number of aliphatic imine (C=N–C) groups is 1. The van der Waals surface area contributed by atoms with Crippen molar-refractivity contribution >= 4 is 67.3 Å². The molecular weight excluding hydrogens is 516 g/mol. The fourth-order valence-electron chi connectivity index (χ4n) is 3.57. The molecule has 166 valence electrons. The van der Waals surface area contributed by atoms with Crippen molar-refractivity contribution < 1.29 is 21.6 Å². The first-order chi connectivity index (χ1) is 14.4. The highest BCUT2D eigenvalue weighted by Gasteiger charge is 2.48. The van der Waals surface area contributed by atoms with E-state index in [2.05, 4.69) is 4.99 Å². The zero-order valence-corrected chi connectivity index (χ0v) is 19.4. The Labute approximate surface area is 196 Å². The Morgan fingerprint density at radius 1 is 1.03 bits per heavy atom. The van der Waals surface area contributed by atoms with Crippen LogP contribution in [-0.2, 0) is 21.8 Å². The molecule has 1 fully saturated rings. The fraction of sp³-hybridized carbons (Fsp3) is 0.316. The van der Waals surface area contributed by atoms with E-state index in [4.69, 9.17) is 34.8 Å². The molecule has 4 rings (SSSR count). The molecule has 2 aromatic rings. The van der Waals surface area contributed by atoms with Gasteiger partial charge in [-0.1, -0.05) is 52.6 Å². The van der Waals surface area contributed by atoms with E-state index >= 15 is 0 Å². The van der Waals surface area contributed by atoms with Gasteiger partial charge in [-0.25, -0.2) is 8.42 Å². The Balaban J connectivity index is 1.69. The molecule has 0 N–H and O–H groups in total. The number of alkyl halides is 3. The highest BCUT2D eigenvalue weighted by molar-refractivity contribution is 8.13. The van der Waals surface area contributed by atoms with Gasteiger partial charge in [0.05, 0.1) is 49.9 Å². The summed E-state index contributed by atoms with van der Waals surface area (Å²) in [5.74, 6) is 0.0567. The number of halogens is 6. The quantitative estimate of drug-likeness (QED) is 0.494. The van der Waals surface area contributed by atoms with Gasteiger partial charge in [0.15, 0.2) is 15.0 Å². The van der Waals surface area contributed by atoms with E-state index in [1.54, 1.807) is 18.2 Å². The summed E-state index contributed by atoms with van der Waals surface area (Å²) in [6.07, 6.45) is -4.56. The molecule has 0 aliphatic carbocycles. The molecule has 2 aliphatic rings. The highest BCUT2D eigenvalue weighted by Crippen LogP contribution is 2.42. The van der Waals surface area contributed by atoms with Crippen LogP contribution >= 0.6 is 46.6 Å². The Bertz CT molecular complexity index is 1170. The second-order valence-electron chi connectivity index (χ2n) is 7.19. The van der Waals surface area contributed by atoms with Gasteiger partial charge in [0.25, 0.3) is 0 Å². The molecule has 12 heteroatoms. The van der Waals surface area contributed by atoms with Gasteiger partial charge in [-0.15, -0.1) is 0 Å². The standard InChI is InChI=1S/C19H14Cl3F3N2O2S2/c20-12-3-1-10(5-14(12)22)7-30-18-26-15-8-31(28,29)9-17(15)27(18)16-6-11(19(23,24)25)2-4-13(16)21/h1-6,15,17H,7-9H2/t15-,17+/m1/s1. The third kappa shape index (κ3) is 4.80. The minimum Gasteiger partial charge on any atom is -0.313 e. The summed E-state index contributed by atoms with van der Waals surface area (Å²) in [5, 5.41) is 1.29. The van der Waals surface area contributed by atoms with E-state index in [1.165, 1.54) is 16.7 Å². The van der Waals surface area contributed by atoms with Gasteiger partial charge in [0.2, 0.25) is 0 Å². The van der Waals surface area contributed by atoms with Crippen molar-refractivity contribution in [2.75, 3.05) is 16.4 Å². The molecule has 2 aromatic carbocycles. The van der Waals surface area contributed by atoms with Crippen molar-refractivity contribution in [3.8, 4) is 0 Å². The number of anilines is 1. The van der Waals surface area contributed by atoms with Gasteiger partial charge in [-0.05, 0) is 35.9 Å². The summed E-state index contributed by atoms with van der Waals surface area (Å²) >= 11 is 19.5. The van der Waals surface area contributed by atoms with Crippen LogP contribution in [0.1, 0.15) is 11.1 Å². The molecule has 0 radical (unpaired) electrons. The van der Waals surface area contributed by atoms with Crippen LogP contribution in [0.3, 0.4) is 0 Å². The molecule has 0 aromatic heterocycles. The second-order valence-corrected chi connectivity index (χ2v) is 11.5. The number of nitrogens with zero attached hydrogens (tertiary/aromatic N) is 2. The highest BCUT2D eigenvalue weighted by atomic mass is 35.5. The summed E-state index contributed by atoms with van der Waals surface area (Å²) in [6, 6.07) is 6.95. The first-order valence-electron chi connectivity index (χ1n) is 8.95. The number of benzene rings is 2. The molecule has 0 unspecified atom stereocenters. The Hall–Kier alpha value is -1.13. The molecule has 1 saturated heterocycles. The molecule has 2 atom stereocenters. The van der Waals surface area contributed by atoms with E-state index < -0.39 is 33.7 Å². The van der Waals surface area contributed by atoms with E-state index in [9.17, 15) is 21.6 Å². The van der Waals surface area contributed by atoms with Gasteiger partial charge in [-0.2, -0.15) is 13.2 Å². The molecule has 0 spiro atoms. The number of rotatable bonds is 3. The van der Waals surface area contributed by atoms with Gasteiger partial charge in [0, 0.05) is 5.75 Å². The topological polar surface area (TPSA) is 49.7 Å². The molecule has 2 aliphatic heterocycles. The Morgan fingerprint density at radius 3 is 2.42 bits per heavy atom. The zero-order valence-electron chi connectivity index (χ0n) is 15.5. The third-order valence-corrected chi connectivity index (χ3v) is 8.79. The minimum atomic E-state index is -4.56. The van der Waals surface area contributed by atoms with Gasteiger partial charge < -0.3 is 4.90 Å². The molecular formula is C19H14Cl3F3N2O2S2. The second kappa shape index (κ2) is 8.33. The van der Waals surface area contributed by atoms with Crippen LogP contribution in [0.4, 0.5) is 18.9 Å². The van der Waals surface area contributed by atoms with Crippen molar-refractivity contribution in [1.29, 1.82) is 0 Å². The van der Waals surface area contributed by atoms with Gasteiger partial charge in [-0.3, -0.25) is 4.99 Å². The summed E-state index contributed by atoms with van der Waals surface area (Å²) in [4.78, 5) is 6.04. The maximum absolute atomic E-state index is 13.3. The maximum Gasteiger partial charge on any atom is 0.416 e. The average molecular weight is 530 g/mol. The molecule has 0 saturated carbocycles. The van der Waals surface area contributed by atoms with Crippen molar-refractivity contribution in [2.45, 2.75) is 24.0 Å². The molecule has 2 heterocycles. The number of amidine groups is 1. The summed E-state index contributed by atoms with van der Waals surface area (Å²) in [7, 11) is -3.35. The first-order valence-corrected chi connectivity index (χ1v) is 12.9. The van der Waals surface area contributed by atoms with E-state index in [0.717, 1.165) is 23.8 Å². The predicted molar refractivity (Wildman–Crippen MR) is 120 cm³/mol. The first kappa shape index (κ1) is 23.0. The van der Waals surface area contributed by atoms with Gasteiger partial charge >= 0.3 is 6.18 Å². The number of fused-ring (bicyclic) bond motifs is 1. The number of hydrogen-bond donors (Lipinski definition) is 0. The maximum atomic E-state index is 13.3. The van der Waals surface area contributed by atoms with Crippen LogP contribution in [0.15, 0.2) is 41.4 Å². The summed E-state index contributed by atoms with van der Waals surface area (Å²) in [6.45, 7) is 0.